The number of alkyl halides is 1. The zero-order chi connectivity index (χ0) is 16.4. The summed E-state index contributed by atoms with van der Waals surface area (Å²) in [5.74, 6) is -0.150. The third-order valence-corrected chi connectivity index (χ3v) is 3.56. The quantitative estimate of drug-likeness (QED) is 0.525. The van der Waals surface area contributed by atoms with Gasteiger partial charge in [-0.05, 0) is 6.07 Å². The van der Waals surface area contributed by atoms with Crippen LogP contribution >= 0.6 is 11.6 Å². The van der Waals surface area contributed by atoms with Crippen LogP contribution in [0.5, 0.6) is 5.75 Å². The minimum Gasteiger partial charge on any atom is -0.460 e. The Morgan fingerprint density at radius 3 is 2.73 bits per heavy atom. The molecule has 1 fully saturated rings. The zero-order valence-electron chi connectivity index (χ0n) is 11.0. The van der Waals surface area contributed by atoms with Crippen molar-refractivity contribution in [3.8, 4) is 5.75 Å². The van der Waals surface area contributed by atoms with Crippen molar-refractivity contribution in [2.75, 3.05) is 6.67 Å². The minimum atomic E-state index is -1.64. The van der Waals surface area contributed by atoms with E-state index >= 15 is 0 Å². The number of aliphatic hydroxyl groups excluding tert-OH is 3. The average molecular weight is 338 g/mol. The van der Waals surface area contributed by atoms with Crippen LogP contribution in [-0.4, -0.2) is 57.6 Å². The van der Waals surface area contributed by atoms with Gasteiger partial charge in [0, 0.05) is 6.07 Å². The number of nitrogens with zero attached hydrogens (tertiary/aromatic N) is 1. The van der Waals surface area contributed by atoms with E-state index < -0.39 is 48.0 Å². The molecule has 1 unspecified atom stereocenters. The summed E-state index contributed by atoms with van der Waals surface area (Å²) in [6, 6.07) is 3.77. The number of hydrogen-bond acceptors (Lipinski definition) is 7. The molecule has 3 N–H and O–H groups in total. The second-order valence-electron chi connectivity index (χ2n) is 4.64. The van der Waals surface area contributed by atoms with Crippen molar-refractivity contribution >= 4 is 17.3 Å². The van der Waals surface area contributed by atoms with E-state index in [0.717, 1.165) is 6.07 Å². The smallest absolute Gasteiger partial charge is 0.291 e. The summed E-state index contributed by atoms with van der Waals surface area (Å²) in [6.07, 6.45) is -7.64. The normalized spacial score (nSPS) is 29.3. The van der Waals surface area contributed by atoms with Crippen molar-refractivity contribution in [2.24, 2.45) is 0 Å². The van der Waals surface area contributed by atoms with Gasteiger partial charge in [0.1, 0.15) is 36.8 Å². The van der Waals surface area contributed by atoms with Crippen LogP contribution in [0.15, 0.2) is 18.2 Å². The Kier molecular flexibility index (Phi) is 5.14. The van der Waals surface area contributed by atoms with Crippen molar-refractivity contribution in [3.05, 3.63) is 33.3 Å². The number of aliphatic hydroxyl groups is 3. The van der Waals surface area contributed by atoms with Crippen molar-refractivity contribution in [1.82, 2.24) is 0 Å². The Hall–Kier alpha value is -1.52. The second kappa shape index (κ2) is 6.71. The van der Waals surface area contributed by atoms with E-state index in [1.165, 1.54) is 12.1 Å². The van der Waals surface area contributed by atoms with Crippen LogP contribution in [0.3, 0.4) is 0 Å². The maximum absolute atomic E-state index is 12.4. The first-order chi connectivity index (χ1) is 10.4. The summed E-state index contributed by atoms with van der Waals surface area (Å²) in [6.45, 7) is -1.18. The van der Waals surface area contributed by atoms with E-state index in [2.05, 4.69) is 0 Å². The Bertz CT molecular complexity index is 560. The number of halogens is 2. The Morgan fingerprint density at radius 2 is 2.14 bits per heavy atom. The van der Waals surface area contributed by atoms with Crippen LogP contribution in [0.2, 0.25) is 5.02 Å². The summed E-state index contributed by atoms with van der Waals surface area (Å²) in [5.41, 5.74) is -0.410. The molecule has 1 heterocycles. The molecule has 0 bridgehead atoms. The van der Waals surface area contributed by atoms with E-state index in [1.54, 1.807) is 0 Å². The van der Waals surface area contributed by atoms with Crippen LogP contribution < -0.4 is 4.74 Å². The third-order valence-electron chi connectivity index (χ3n) is 3.18. The average Bonchev–Trinajstić information content (AvgIpc) is 2.76. The topological polar surface area (TPSA) is 122 Å². The lowest BCUT2D eigenvalue weighted by Crippen LogP contribution is -2.40. The minimum absolute atomic E-state index is 0.150. The molecule has 1 aliphatic rings. The zero-order valence-corrected chi connectivity index (χ0v) is 11.8. The first-order valence-corrected chi connectivity index (χ1v) is 6.59. The van der Waals surface area contributed by atoms with Gasteiger partial charge >= 0.3 is 0 Å². The lowest BCUT2D eigenvalue weighted by Gasteiger charge is -2.18. The van der Waals surface area contributed by atoms with Gasteiger partial charge in [-0.2, -0.15) is 0 Å². The molecule has 22 heavy (non-hydrogen) atoms. The highest BCUT2D eigenvalue weighted by Gasteiger charge is 2.47. The number of nitro benzene ring substituents is 1. The molecule has 1 aliphatic heterocycles. The van der Waals surface area contributed by atoms with E-state index in [-0.39, 0.29) is 10.8 Å². The van der Waals surface area contributed by atoms with E-state index in [0.29, 0.717) is 0 Å². The van der Waals surface area contributed by atoms with Crippen LogP contribution in [0.25, 0.3) is 0 Å². The lowest BCUT2D eigenvalue weighted by atomic mass is 10.1. The predicted molar refractivity (Wildman–Crippen MR) is 71.4 cm³/mol. The molecule has 122 valence electrons. The SMILES string of the molecule is O=[N+]([O-])c1cccc(OC2O[C@@H]([C@H](O)CF)[C@H](O)[C@H]2O)c1Cl. The first-order valence-electron chi connectivity index (χ1n) is 6.22. The predicted octanol–water partition coefficient (Wildman–Crippen LogP) is 0.404. The van der Waals surface area contributed by atoms with Gasteiger partial charge in [-0.3, -0.25) is 10.1 Å². The fraction of sp³-hybridized carbons (Fsp3) is 0.500. The van der Waals surface area contributed by atoms with Crippen molar-refractivity contribution in [1.29, 1.82) is 0 Å². The van der Waals surface area contributed by atoms with Gasteiger partial charge in [0.25, 0.3) is 5.69 Å². The maximum Gasteiger partial charge on any atom is 0.291 e. The molecule has 1 saturated heterocycles. The molecule has 0 radical (unpaired) electrons. The molecule has 2 rings (SSSR count). The van der Waals surface area contributed by atoms with Crippen molar-refractivity contribution in [3.63, 3.8) is 0 Å². The van der Waals surface area contributed by atoms with E-state index in [1.807, 2.05) is 0 Å². The van der Waals surface area contributed by atoms with Gasteiger partial charge in [0.2, 0.25) is 6.29 Å². The fourth-order valence-electron chi connectivity index (χ4n) is 2.03. The summed E-state index contributed by atoms with van der Waals surface area (Å²) in [5, 5.41) is 39.3. The van der Waals surface area contributed by atoms with Gasteiger partial charge in [0.15, 0.2) is 5.02 Å². The standard InChI is InChI=1S/C12H13ClFNO7/c13-8-5(15(19)20)2-1-3-7(8)21-12-10(18)9(17)11(22-12)6(16)4-14/h1-3,6,9-12,16-18H,4H2/t6-,9-,10-,11+,12?/m1/s1. The number of nitro groups is 1. The molecular formula is C12H13ClFNO7. The highest BCUT2D eigenvalue weighted by atomic mass is 35.5. The Balaban J connectivity index is 2.18. The molecule has 0 spiro atoms. The molecule has 0 amide bonds. The third kappa shape index (κ3) is 3.13. The molecular weight excluding hydrogens is 325 g/mol. The van der Waals surface area contributed by atoms with Crippen molar-refractivity contribution < 1.29 is 34.1 Å². The maximum atomic E-state index is 12.4. The number of ether oxygens (including phenoxy) is 2. The molecule has 5 atom stereocenters. The Morgan fingerprint density at radius 1 is 1.45 bits per heavy atom. The summed E-state index contributed by atoms with van der Waals surface area (Å²) in [7, 11) is 0. The van der Waals surface area contributed by atoms with E-state index in [4.69, 9.17) is 21.1 Å². The molecule has 8 nitrogen and oxygen atoms in total. The summed E-state index contributed by atoms with van der Waals surface area (Å²) < 4.78 is 22.7. The molecule has 0 aliphatic carbocycles. The monoisotopic (exact) mass is 337 g/mol. The molecule has 1 aromatic carbocycles. The number of hydrogen-bond donors (Lipinski definition) is 3. The highest BCUT2D eigenvalue weighted by Crippen LogP contribution is 2.36. The van der Waals surface area contributed by atoms with Crippen LogP contribution in [-0.2, 0) is 4.74 Å². The van der Waals surface area contributed by atoms with Crippen LogP contribution in [0.1, 0.15) is 0 Å². The fourth-order valence-corrected chi connectivity index (χ4v) is 2.27. The molecule has 1 aromatic rings. The second-order valence-corrected chi connectivity index (χ2v) is 5.01. The van der Waals surface area contributed by atoms with Crippen LogP contribution in [0.4, 0.5) is 10.1 Å². The first kappa shape index (κ1) is 16.8. The highest BCUT2D eigenvalue weighted by molar-refractivity contribution is 6.34. The number of benzene rings is 1. The van der Waals surface area contributed by atoms with Gasteiger partial charge in [-0.15, -0.1) is 0 Å². The summed E-state index contributed by atoms with van der Waals surface area (Å²) in [4.78, 5) is 10.1. The Labute approximate surface area is 128 Å². The van der Waals surface area contributed by atoms with Gasteiger partial charge in [-0.1, -0.05) is 17.7 Å². The molecule has 10 heteroatoms. The molecule has 0 saturated carbocycles. The van der Waals surface area contributed by atoms with E-state index in [9.17, 15) is 29.8 Å². The largest absolute Gasteiger partial charge is 0.460 e. The van der Waals surface area contributed by atoms with Crippen LogP contribution in [0, 0.1) is 10.1 Å². The van der Waals surface area contributed by atoms with Gasteiger partial charge in [0.05, 0.1) is 4.92 Å². The van der Waals surface area contributed by atoms with Crippen molar-refractivity contribution in [2.45, 2.75) is 30.7 Å². The summed E-state index contributed by atoms with van der Waals surface area (Å²) >= 11 is 5.82. The van der Waals surface area contributed by atoms with Gasteiger partial charge in [-0.25, -0.2) is 4.39 Å². The lowest BCUT2D eigenvalue weighted by molar-refractivity contribution is -0.384. The van der Waals surface area contributed by atoms with Gasteiger partial charge < -0.3 is 24.8 Å². The molecule has 0 aromatic heterocycles. The number of rotatable bonds is 5.